The number of carbonyl (C=O) groups excluding carboxylic acids is 1. The largest absolute Gasteiger partial charge is 0.457 e. The summed E-state index contributed by atoms with van der Waals surface area (Å²) >= 11 is 0. The van der Waals surface area contributed by atoms with E-state index in [1.807, 2.05) is 79.7 Å². The molecule has 0 unspecified atom stereocenters. The summed E-state index contributed by atoms with van der Waals surface area (Å²) in [4.78, 5) is 11.8. The third-order valence-corrected chi connectivity index (χ3v) is 2.87. The van der Waals surface area contributed by atoms with Gasteiger partial charge in [0, 0.05) is 0 Å². The number of hydrogen-bond acceptors (Lipinski definition) is 3. The second-order valence-corrected chi connectivity index (χ2v) is 4.90. The molecule has 0 atom stereocenters. The summed E-state index contributed by atoms with van der Waals surface area (Å²) in [6.45, 7) is 5.38. The van der Waals surface area contributed by atoms with Crippen molar-refractivity contribution in [1.29, 1.82) is 5.26 Å². The fourth-order valence-corrected chi connectivity index (χ4v) is 1.80. The Morgan fingerprint density at radius 2 is 1.60 bits per heavy atom. The van der Waals surface area contributed by atoms with Crippen LogP contribution in [0.2, 0.25) is 0 Å². The van der Waals surface area contributed by atoms with Gasteiger partial charge in [-0.3, -0.25) is 0 Å². The number of nitrogens with zero attached hydrogens (tertiary/aromatic N) is 1. The van der Waals surface area contributed by atoms with Crippen molar-refractivity contribution in [2.75, 3.05) is 6.61 Å². The van der Waals surface area contributed by atoms with Crippen molar-refractivity contribution in [3.63, 3.8) is 0 Å². The fourth-order valence-electron chi connectivity index (χ4n) is 1.80. The first-order valence-electron chi connectivity index (χ1n) is 7.84. The molecule has 0 aliphatic heterocycles. The van der Waals surface area contributed by atoms with E-state index in [1.54, 1.807) is 12.2 Å². The van der Waals surface area contributed by atoms with Crippen LogP contribution < -0.4 is 0 Å². The van der Waals surface area contributed by atoms with Gasteiger partial charge in [0.2, 0.25) is 0 Å². The van der Waals surface area contributed by atoms with Crippen molar-refractivity contribution in [2.24, 2.45) is 0 Å². The molecule has 3 heteroatoms. The van der Waals surface area contributed by atoms with Crippen molar-refractivity contribution in [3.8, 4) is 6.07 Å². The Labute approximate surface area is 149 Å². The minimum Gasteiger partial charge on any atom is -0.457 e. The third kappa shape index (κ3) is 8.15. The monoisotopic (exact) mass is 331 g/mol. The number of ether oxygens (including phenoxy) is 1. The zero-order chi connectivity index (χ0) is 18.3. The highest BCUT2D eigenvalue weighted by atomic mass is 16.5. The molecule has 0 bridgehead atoms. The molecule has 0 radical (unpaired) electrons. The third-order valence-electron chi connectivity index (χ3n) is 2.87. The Kier molecular flexibility index (Phi) is 9.51. The van der Waals surface area contributed by atoms with Gasteiger partial charge in [0.1, 0.15) is 18.2 Å². The number of hydrogen-bond donors (Lipinski definition) is 0. The van der Waals surface area contributed by atoms with Crippen molar-refractivity contribution in [3.05, 3.63) is 96.1 Å². The second kappa shape index (κ2) is 12.1. The highest BCUT2D eigenvalue weighted by molar-refractivity contribution is 5.97. The molecular formula is C22H21NO2. The highest BCUT2D eigenvalue weighted by Crippen LogP contribution is 2.08. The van der Waals surface area contributed by atoms with E-state index >= 15 is 0 Å². The number of rotatable bonds is 5. The maximum absolute atomic E-state index is 11.8. The summed E-state index contributed by atoms with van der Waals surface area (Å²) in [7, 11) is 0. The first kappa shape index (κ1) is 19.7. The van der Waals surface area contributed by atoms with Crippen LogP contribution >= 0.6 is 0 Å². The minimum absolute atomic E-state index is 0.0145. The van der Waals surface area contributed by atoms with Gasteiger partial charge in [-0.1, -0.05) is 72.8 Å². The summed E-state index contributed by atoms with van der Waals surface area (Å²) in [5, 5.41) is 9.06. The smallest absolute Gasteiger partial charge is 0.349 e. The fraction of sp³-hybridized carbons (Fsp3) is 0.0909. The molecule has 0 heterocycles. The van der Waals surface area contributed by atoms with Crippen molar-refractivity contribution < 1.29 is 9.53 Å². The predicted octanol–water partition coefficient (Wildman–Crippen LogP) is 5.04. The number of benzene rings is 2. The average Bonchev–Trinajstić information content (AvgIpc) is 2.65. The zero-order valence-electron chi connectivity index (χ0n) is 14.3. The van der Waals surface area contributed by atoms with E-state index in [2.05, 4.69) is 6.58 Å². The lowest BCUT2D eigenvalue weighted by Gasteiger charge is -2.00. The van der Waals surface area contributed by atoms with Crippen molar-refractivity contribution in [1.82, 2.24) is 0 Å². The Bertz CT molecular complexity index is 754. The quantitative estimate of drug-likeness (QED) is 0.334. The van der Waals surface area contributed by atoms with E-state index in [4.69, 9.17) is 10.00 Å². The van der Waals surface area contributed by atoms with Crippen molar-refractivity contribution in [2.45, 2.75) is 6.92 Å². The van der Waals surface area contributed by atoms with Gasteiger partial charge in [0.25, 0.3) is 0 Å². The lowest BCUT2D eigenvalue weighted by atomic mass is 10.1. The van der Waals surface area contributed by atoms with E-state index in [1.165, 1.54) is 6.08 Å². The van der Waals surface area contributed by atoms with Crippen molar-refractivity contribution >= 4 is 18.1 Å². The first-order valence-corrected chi connectivity index (χ1v) is 7.84. The number of esters is 1. The number of nitriles is 1. The van der Waals surface area contributed by atoms with Crippen LogP contribution in [-0.2, 0) is 9.53 Å². The SMILES string of the molecule is C=CC.N#C/C(=C/c1ccccc1)C(=O)OC/C=C/c1ccccc1. The van der Waals surface area contributed by atoms with Gasteiger partial charge in [-0.15, -0.1) is 6.58 Å². The summed E-state index contributed by atoms with van der Waals surface area (Å²) in [5.74, 6) is -0.621. The number of carbonyl (C=O) groups is 1. The summed E-state index contributed by atoms with van der Waals surface area (Å²) in [6, 6.07) is 20.8. The normalized spacial score (nSPS) is 10.3. The van der Waals surface area contributed by atoms with Crippen LogP contribution in [0.25, 0.3) is 12.2 Å². The maximum Gasteiger partial charge on any atom is 0.349 e. The maximum atomic E-state index is 11.8. The topological polar surface area (TPSA) is 50.1 Å². The molecule has 2 aromatic carbocycles. The van der Waals surface area contributed by atoms with Gasteiger partial charge >= 0.3 is 5.97 Å². The molecule has 126 valence electrons. The van der Waals surface area contributed by atoms with Crippen LogP contribution in [0.4, 0.5) is 0 Å². The van der Waals surface area contributed by atoms with E-state index in [-0.39, 0.29) is 12.2 Å². The van der Waals surface area contributed by atoms with Gasteiger partial charge in [0.05, 0.1) is 0 Å². The lowest BCUT2D eigenvalue weighted by molar-refractivity contribution is -0.137. The van der Waals surface area contributed by atoms with Gasteiger partial charge in [0.15, 0.2) is 0 Å². The molecule has 0 N–H and O–H groups in total. The average molecular weight is 331 g/mol. The molecule has 0 spiro atoms. The van der Waals surface area contributed by atoms with Crippen LogP contribution in [0.3, 0.4) is 0 Å². The Balaban J connectivity index is 0.000000970. The number of allylic oxidation sites excluding steroid dienone is 1. The molecular weight excluding hydrogens is 310 g/mol. The molecule has 0 amide bonds. The van der Waals surface area contributed by atoms with Crippen LogP contribution in [0.15, 0.2) is 85.0 Å². The first-order chi connectivity index (χ1) is 12.2. The van der Waals surface area contributed by atoms with E-state index < -0.39 is 5.97 Å². The van der Waals surface area contributed by atoms with Gasteiger partial charge < -0.3 is 4.74 Å². The lowest BCUT2D eigenvalue weighted by Crippen LogP contribution is -2.06. The van der Waals surface area contributed by atoms with Crippen LogP contribution in [0.5, 0.6) is 0 Å². The summed E-state index contributed by atoms with van der Waals surface area (Å²) in [6.07, 6.45) is 6.87. The molecule has 0 fully saturated rings. The molecule has 0 aliphatic carbocycles. The molecule has 0 saturated carbocycles. The second-order valence-electron chi connectivity index (χ2n) is 4.90. The van der Waals surface area contributed by atoms with E-state index in [0.29, 0.717) is 0 Å². The molecule has 0 aliphatic rings. The van der Waals surface area contributed by atoms with Gasteiger partial charge in [-0.2, -0.15) is 5.26 Å². The zero-order valence-corrected chi connectivity index (χ0v) is 14.3. The molecule has 2 rings (SSSR count). The molecule has 3 nitrogen and oxygen atoms in total. The molecule has 0 aromatic heterocycles. The Morgan fingerprint density at radius 3 is 2.12 bits per heavy atom. The summed E-state index contributed by atoms with van der Waals surface area (Å²) < 4.78 is 5.07. The molecule has 0 saturated heterocycles. The van der Waals surface area contributed by atoms with Crippen LogP contribution in [0, 0.1) is 11.3 Å². The van der Waals surface area contributed by atoms with Crippen LogP contribution in [0.1, 0.15) is 18.1 Å². The Morgan fingerprint density at radius 1 is 1.08 bits per heavy atom. The van der Waals surface area contributed by atoms with Crippen LogP contribution in [-0.4, -0.2) is 12.6 Å². The highest BCUT2D eigenvalue weighted by Gasteiger charge is 2.09. The van der Waals surface area contributed by atoms with Gasteiger partial charge in [-0.25, -0.2) is 4.79 Å². The summed E-state index contributed by atoms with van der Waals surface area (Å²) in [5.41, 5.74) is 1.80. The molecule has 2 aromatic rings. The predicted molar refractivity (Wildman–Crippen MR) is 102 cm³/mol. The van der Waals surface area contributed by atoms with E-state index in [0.717, 1.165) is 11.1 Å². The molecule has 25 heavy (non-hydrogen) atoms. The minimum atomic E-state index is -0.621. The van der Waals surface area contributed by atoms with Gasteiger partial charge in [-0.05, 0) is 30.2 Å². The Hall–Kier alpha value is -3.38. The standard InChI is InChI=1S/C19H15NO2.C3H6/c20-15-18(14-17-10-5-2-6-11-17)19(21)22-13-7-12-16-8-3-1-4-9-16;1-3-2/h1-12,14H,13H2;3H,1H2,2H3/b12-7+,18-14-;. The van der Waals surface area contributed by atoms with E-state index in [9.17, 15) is 4.79 Å².